The molecule has 1 N–H and O–H groups in total. The highest BCUT2D eigenvalue weighted by atomic mass is 35.5. The normalized spacial score (nSPS) is 10.5. The lowest BCUT2D eigenvalue weighted by molar-refractivity contribution is -0.119. The molecule has 3 rings (SSSR count). The van der Waals surface area contributed by atoms with E-state index in [0.29, 0.717) is 21.3 Å². The molecule has 0 saturated carbocycles. The van der Waals surface area contributed by atoms with E-state index in [0.717, 1.165) is 10.8 Å². The maximum absolute atomic E-state index is 12.3. The van der Waals surface area contributed by atoms with Crippen LogP contribution in [0.2, 0.25) is 10.0 Å². The fourth-order valence-electron chi connectivity index (χ4n) is 2.39. The van der Waals surface area contributed by atoms with E-state index in [4.69, 9.17) is 27.9 Å². The van der Waals surface area contributed by atoms with Gasteiger partial charge in [0.15, 0.2) is 6.61 Å². The molecule has 0 saturated heterocycles. The predicted octanol–water partition coefficient (Wildman–Crippen LogP) is 4.94. The highest BCUT2D eigenvalue weighted by molar-refractivity contribution is 6.35. The number of esters is 1. The first-order valence-corrected chi connectivity index (χ1v) is 8.20. The Morgan fingerprint density at radius 2 is 1.72 bits per heavy atom. The van der Waals surface area contributed by atoms with Crippen molar-refractivity contribution in [3.05, 3.63) is 76.3 Å². The first-order valence-electron chi connectivity index (χ1n) is 7.44. The topological polar surface area (TPSA) is 55.4 Å². The third-order valence-electron chi connectivity index (χ3n) is 3.55. The minimum atomic E-state index is -0.566. The maximum atomic E-state index is 12.3. The monoisotopic (exact) mass is 373 g/mol. The number of carbonyl (C=O) groups excluding carboxylic acids is 2. The number of nitrogens with one attached hydrogen (secondary N) is 1. The molecule has 0 aliphatic rings. The SMILES string of the molecule is O=C(COC(=O)c1cccc2ccccc12)Nc1cc(Cl)ccc1Cl. The largest absolute Gasteiger partial charge is 0.452 e. The zero-order chi connectivity index (χ0) is 17.8. The van der Waals surface area contributed by atoms with Crippen molar-refractivity contribution in [1.29, 1.82) is 0 Å². The van der Waals surface area contributed by atoms with Crippen molar-refractivity contribution in [2.24, 2.45) is 0 Å². The smallest absolute Gasteiger partial charge is 0.339 e. The van der Waals surface area contributed by atoms with Crippen LogP contribution in [0, 0.1) is 0 Å². The molecule has 6 heteroatoms. The highest BCUT2D eigenvalue weighted by Gasteiger charge is 2.14. The molecule has 126 valence electrons. The van der Waals surface area contributed by atoms with Crippen molar-refractivity contribution in [2.45, 2.75) is 0 Å². The molecule has 4 nitrogen and oxygen atoms in total. The van der Waals surface area contributed by atoms with Crippen LogP contribution in [-0.2, 0) is 9.53 Å². The van der Waals surface area contributed by atoms with Crippen LogP contribution >= 0.6 is 23.2 Å². The van der Waals surface area contributed by atoms with Crippen LogP contribution in [0.1, 0.15) is 10.4 Å². The second-order valence-electron chi connectivity index (χ2n) is 5.28. The van der Waals surface area contributed by atoms with E-state index < -0.39 is 18.5 Å². The molecule has 3 aromatic rings. The maximum Gasteiger partial charge on any atom is 0.339 e. The number of ether oxygens (including phenoxy) is 1. The first-order chi connectivity index (χ1) is 12.0. The molecule has 0 spiro atoms. The van der Waals surface area contributed by atoms with Crippen LogP contribution in [0.15, 0.2) is 60.7 Å². The molecule has 0 aromatic heterocycles. The summed E-state index contributed by atoms with van der Waals surface area (Å²) in [7, 11) is 0. The summed E-state index contributed by atoms with van der Waals surface area (Å²) in [6, 6.07) is 17.5. The lowest BCUT2D eigenvalue weighted by atomic mass is 10.1. The summed E-state index contributed by atoms with van der Waals surface area (Å²) in [5, 5.41) is 5.04. The molecule has 0 radical (unpaired) electrons. The summed E-state index contributed by atoms with van der Waals surface area (Å²) in [6.07, 6.45) is 0. The number of fused-ring (bicyclic) bond motifs is 1. The van der Waals surface area contributed by atoms with Crippen molar-refractivity contribution in [3.8, 4) is 0 Å². The van der Waals surface area contributed by atoms with Gasteiger partial charge in [-0.15, -0.1) is 0 Å². The summed E-state index contributed by atoms with van der Waals surface area (Å²) in [5.41, 5.74) is 0.770. The molecular formula is C19H13Cl2NO3. The Labute approximate surface area is 154 Å². The van der Waals surface area contributed by atoms with Crippen LogP contribution < -0.4 is 5.32 Å². The molecule has 0 atom stereocenters. The van der Waals surface area contributed by atoms with Crippen molar-refractivity contribution in [1.82, 2.24) is 0 Å². The number of benzene rings is 3. The van der Waals surface area contributed by atoms with Crippen molar-refractivity contribution < 1.29 is 14.3 Å². The fourth-order valence-corrected chi connectivity index (χ4v) is 2.73. The Balaban J connectivity index is 1.67. The lowest BCUT2D eigenvalue weighted by Gasteiger charge is -2.09. The van der Waals surface area contributed by atoms with Gasteiger partial charge in [0.2, 0.25) is 0 Å². The number of anilines is 1. The second-order valence-corrected chi connectivity index (χ2v) is 6.12. The molecule has 0 fully saturated rings. The molecule has 25 heavy (non-hydrogen) atoms. The summed E-state index contributed by atoms with van der Waals surface area (Å²) >= 11 is 11.9. The third-order valence-corrected chi connectivity index (χ3v) is 4.11. The Kier molecular flexibility index (Phi) is 5.22. The number of amides is 1. The van der Waals surface area contributed by atoms with Crippen molar-refractivity contribution in [2.75, 3.05) is 11.9 Å². The van der Waals surface area contributed by atoms with E-state index >= 15 is 0 Å². The molecule has 0 bridgehead atoms. The lowest BCUT2D eigenvalue weighted by Crippen LogP contribution is -2.21. The zero-order valence-electron chi connectivity index (χ0n) is 13.0. The number of carbonyl (C=O) groups is 2. The minimum absolute atomic E-state index is 0.345. The summed E-state index contributed by atoms with van der Waals surface area (Å²) in [5.74, 6) is -1.07. The van der Waals surface area contributed by atoms with E-state index in [1.807, 2.05) is 30.3 Å². The predicted molar refractivity (Wildman–Crippen MR) is 99.3 cm³/mol. The van der Waals surface area contributed by atoms with E-state index in [1.165, 1.54) is 6.07 Å². The fraction of sp³-hybridized carbons (Fsp3) is 0.0526. The van der Waals surface area contributed by atoms with Gasteiger partial charge in [-0.05, 0) is 35.0 Å². The van der Waals surface area contributed by atoms with Gasteiger partial charge in [-0.2, -0.15) is 0 Å². The van der Waals surface area contributed by atoms with Crippen LogP contribution in [0.5, 0.6) is 0 Å². The summed E-state index contributed by atoms with van der Waals surface area (Å²) in [6.45, 7) is -0.426. The van der Waals surface area contributed by atoms with Crippen molar-refractivity contribution >= 4 is 51.5 Å². The summed E-state index contributed by atoms with van der Waals surface area (Å²) < 4.78 is 5.11. The molecule has 0 aliphatic heterocycles. The molecule has 0 heterocycles. The molecule has 1 amide bonds. The van der Waals surface area contributed by atoms with Crippen LogP contribution in [0.4, 0.5) is 5.69 Å². The van der Waals surface area contributed by atoms with Gasteiger partial charge >= 0.3 is 5.97 Å². The third kappa shape index (κ3) is 4.10. The van der Waals surface area contributed by atoms with E-state index in [-0.39, 0.29) is 0 Å². The Morgan fingerprint density at radius 3 is 2.56 bits per heavy atom. The molecular weight excluding hydrogens is 361 g/mol. The zero-order valence-corrected chi connectivity index (χ0v) is 14.5. The van der Waals surface area contributed by atoms with Crippen LogP contribution in [-0.4, -0.2) is 18.5 Å². The molecule has 0 aliphatic carbocycles. The second kappa shape index (κ2) is 7.55. The van der Waals surface area contributed by atoms with Gasteiger partial charge in [-0.25, -0.2) is 4.79 Å². The summed E-state index contributed by atoms with van der Waals surface area (Å²) in [4.78, 5) is 24.3. The van der Waals surface area contributed by atoms with E-state index in [2.05, 4.69) is 5.32 Å². The van der Waals surface area contributed by atoms with Gasteiger partial charge in [-0.3, -0.25) is 4.79 Å². The Morgan fingerprint density at radius 1 is 0.960 bits per heavy atom. The quantitative estimate of drug-likeness (QED) is 0.658. The number of hydrogen-bond donors (Lipinski definition) is 1. The number of halogens is 2. The first kappa shape index (κ1) is 17.3. The van der Waals surface area contributed by atoms with Gasteiger partial charge in [-0.1, -0.05) is 59.6 Å². The van der Waals surface area contributed by atoms with Crippen molar-refractivity contribution in [3.63, 3.8) is 0 Å². The standard InChI is InChI=1S/C19H13Cl2NO3/c20-13-8-9-16(21)17(10-13)22-18(23)11-25-19(24)15-7-3-5-12-4-1-2-6-14(12)15/h1-10H,11H2,(H,22,23). The number of rotatable bonds is 4. The van der Waals surface area contributed by atoms with Gasteiger partial charge in [0.1, 0.15) is 0 Å². The minimum Gasteiger partial charge on any atom is -0.452 e. The van der Waals surface area contributed by atoms with Gasteiger partial charge < -0.3 is 10.1 Å². The highest BCUT2D eigenvalue weighted by Crippen LogP contribution is 2.25. The number of hydrogen-bond acceptors (Lipinski definition) is 3. The van der Waals surface area contributed by atoms with Gasteiger partial charge in [0.05, 0.1) is 16.3 Å². The average Bonchev–Trinajstić information content (AvgIpc) is 2.62. The van der Waals surface area contributed by atoms with Crippen LogP contribution in [0.3, 0.4) is 0 Å². The molecule has 0 unspecified atom stereocenters. The van der Waals surface area contributed by atoms with E-state index in [9.17, 15) is 9.59 Å². The van der Waals surface area contributed by atoms with Gasteiger partial charge in [0, 0.05) is 5.02 Å². The van der Waals surface area contributed by atoms with Crippen LogP contribution in [0.25, 0.3) is 10.8 Å². The Hall–Kier alpha value is -2.56. The molecule has 3 aromatic carbocycles. The van der Waals surface area contributed by atoms with Gasteiger partial charge in [0.25, 0.3) is 5.91 Å². The average molecular weight is 374 g/mol. The van der Waals surface area contributed by atoms with E-state index in [1.54, 1.807) is 24.3 Å². The Bertz CT molecular complexity index is 951.